The van der Waals surface area contributed by atoms with Crippen LogP contribution in [0.2, 0.25) is 0 Å². The van der Waals surface area contributed by atoms with Gasteiger partial charge in [-0.05, 0) is 72.0 Å². The zero-order chi connectivity index (χ0) is 36.0. The van der Waals surface area contributed by atoms with Crippen molar-refractivity contribution in [3.05, 3.63) is 169 Å². The lowest BCUT2D eigenvalue weighted by molar-refractivity contribution is 0.669. The quantitative estimate of drug-likeness (QED) is 0.159. The minimum Gasteiger partial charge on any atom is -0.456 e. The maximum Gasteiger partial charge on any atom is 0.164 e. The highest BCUT2D eigenvalue weighted by Gasteiger charge is 2.20. The van der Waals surface area contributed by atoms with Gasteiger partial charge in [-0.2, -0.15) is 0 Å². The fraction of sp³-hybridized carbons (Fsp3) is 0.0816. The van der Waals surface area contributed by atoms with Crippen molar-refractivity contribution < 1.29 is 4.42 Å². The Bertz CT molecular complexity index is 2980. The summed E-state index contributed by atoms with van der Waals surface area (Å²) in [6.07, 6.45) is 3.50. The van der Waals surface area contributed by atoms with E-state index in [0.717, 1.165) is 67.3 Å². The summed E-state index contributed by atoms with van der Waals surface area (Å²) in [5.41, 5.74) is 11.5. The summed E-state index contributed by atoms with van der Waals surface area (Å²) in [7, 11) is 0. The van der Waals surface area contributed by atoms with E-state index in [4.69, 9.17) is 19.4 Å². The number of para-hydroxylation sites is 2. The number of furan rings is 1. The summed E-state index contributed by atoms with van der Waals surface area (Å²) >= 11 is 0. The molecule has 10 rings (SSSR count). The molecule has 3 heterocycles. The van der Waals surface area contributed by atoms with Crippen LogP contribution in [-0.4, -0.2) is 19.5 Å². The Balaban J connectivity index is 1.14. The van der Waals surface area contributed by atoms with Crippen molar-refractivity contribution in [1.82, 2.24) is 19.5 Å². The summed E-state index contributed by atoms with van der Waals surface area (Å²) in [6.45, 7) is 2.23. The molecule has 0 amide bonds. The minimum atomic E-state index is 0.617. The van der Waals surface area contributed by atoms with Crippen molar-refractivity contribution in [2.45, 2.75) is 26.2 Å². The van der Waals surface area contributed by atoms with Gasteiger partial charge < -0.3 is 8.98 Å². The normalized spacial score (nSPS) is 11.6. The van der Waals surface area contributed by atoms with E-state index >= 15 is 0 Å². The molecule has 0 saturated heterocycles. The molecule has 0 bridgehead atoms. The summed E-state index contributed by atoms with van der Waals surface area (Å²) in [5, 5.41) is 4.57. The molecule has 0 fully saturated rings. The second-order valence-corrected chi connectivity index (χ2v) is 13.9. The van der Waals surface area contributed by atoms with Crippen LogP contribution in [0.1, 0.15) is 25.3 Å². The molecule has 5 nitrogen and oxygen atoms in total. The standard InChI is InChI=1S/C49H36N4O/c1-2-3-13-32-24-26-33(27-25-32)35-16-11-17-36(30-35)48-50-47(34-14-5-4-6-15-34)51-49(52-48)37-18-12-19-38(31-37)53-42-22-9-7-20-39(42)40-28-29-44-45(46(40)53)41-21-8-10-23-43(41)54-44/h4-12,14-31H,2-3,13H2,1H3. The van der Waals surface area contributed by atoms with Crippen LogP contribution in [0.25, 0.3) is 94.7 Å². The van der Waals surface area contributed by atoms with Crippen LogP contribution >= 0.6 is 0 Å². The second kappa shape index (κ2) is 13.3. The van der Waals surface area contributed by atoms with Crippen LogP contribution in [-0.2, 0) is 6.42 Å². The molecule has 0 radical (unpaired) electrons. The molecule has 0 N–H and O–H groups in total. The van der Waals surface area contributed by atoms with Crippen molar-refractivity contribution in [3.63, 3.8) is 0 Å². The second-order valence-electron chi connectivity index (χ2n) is 13.9. The van der Waals surface area contributed by atoms with E-state index in [-0.39, 0.29) is 0 Å². The highest BCUT2D eigenvalue weighted by molar-refractivity contribution is 6.24. The van der Waals surface area contributed by atoms with Crippen molar-refractivity contribution >= 4 is 43.7 Å². The number of rotatable bonds is 8. The number of aromatic nitrogens is 4. The van der Waals surface area contributed by atoms with Gasteiger partial charge in [-0.3, -0.25) is 0 Å². The number of fused-ring (bicyclic) bond motifs is 7. The van der Waals surface area contributed by atoms with Gasteiger partial charge in [0.2, 0.25) is 0 Å². The van der Waals surface area contributed by atoms with Gasteiger partial charge in [0, 0.05) is 38.5 Å². The molecule has 7 aromatic carbocycles. The maximum absolute atomic E-state index is 6.37. The Morgan fingerprint density at radius 2 is 1.13 bits per heavy atom. The molecule has 0 aliphatic rings. The van der Waals surface area contributed by atoms with Crippen LogP contribution in [0, 0.1) is 0 Å². The first kappa shape index (κ1) is 31.9. The van der Waals surface area contributed by atoms with E-state index in [1.807, 2.05) is 30.3 Å². The molecule has 0 spiro atoms. The van der Waals surface area contributed by atoms with E-state index in [0.29, 0.717) is 17.5 Å². The highest BCUT2D eigenvalue weighted by Crippen LogP contribution is 2.41. The molecule has 0 aliphatic heterocycles. The van der Waals surface area contributed by atoms with Crippen molar-refractivity contribution in [2.75, 3.05) is 0 Å². The van der Waals surface area contributed by atoms with E-state index in [2.05, 4.69) is 145 Å². The monoisotopic (exact) mass is 696 g/mol. The fourth-order valence-corrected chi connectivity index (χ4v) is 7.75. The summed E-state index contributed by atoms with van der Waals surface area (Å²) < 4.78 is 8.72. The molecular weight excluding hydrogens is 661 g/mol. The first-order valence-electron chi connectivity index (χ1n) is 18.7. The van der Waals surface area contributed by atoms with Gasteiger partial charge in [-0.25, -0.2) is 15.0 Å². The van der Waals surface area contributed by atoms with Crippen molar-refractivity contribution in [2.24, 2.45) is 0 Å². The third-order valence-corrected chi connectivity index (χ3v) is 10.4. The number of aryl methyl sites for hydroxylation is 1. The van der Waals surface area contributed by atoms with Gasteiger partial charge in [0.05, 0.1) is 16.4 Å². The first-order chi connectivity index (χ1) is 26.7. The maximum atomic E-state index is 6.37. The Hall–Kier alpha value is -6.85. The van der Waals surface area contributed by atoms with E-state index in [1.54, 1.807) is 0 Å². The molecule has 54 heavy (non-hydrogen) atoms. The lowest BCUT2D eigenvalue weighted by Gasteiger charge is -2.12. The van der Waals surface area contributed by atoms with Gasteiger partial charge in [0.1, 0.15) is 11.2 Å². The fourth-order valence-electron chi connectivity index (χ4n) is 7.75. The number of nitrogens with zero attached hydrogens (tertiary/aromatic N) is 4. The Labute approximate surface area is 313 Å². The van der Waals surface area contributed by atoms with E-state index in [1.165, 1.54) is 34.7 Å². The van der Waals surface area contributed by atoms with Crippen LogP contribution in [0.4, 0.5) is 0 Å². The third-order valence-electron chi connectivity index (χ3n) is 10.4. The van der Waals surface area contributed by atoms with Gasteiger partial charge >= 0.3 is 0 Å². The van der Waals surface area contributed by atoms with Crippen LogP contribution in [0.3, 0.4) is 0 Å². The van der Waals surface area contributed by atoms with Gasteiger partial charge in [0.25, 0.3) is 0 Å². The Kier molecular flexibility index (Phi) is 7.84. The smallest absolute Gasteiger partial charge is 0.164 e. The molecule has 0 saturated carbocycles. The number of unbranched alkanes of at least 4 members (excludes halogenated alkanes) is 1. The van der Waals surface area contributed by atoms with Crippen LogP contribution in [0.15, 0.2) is 168 Å². The van der Waals surface area contributed by atoms with E-state index in [9.17, 15) is 0 Å². The molecule has 10 aromatic rings. The molecule has 0 atom stereocenters. The first-order valence-corrected chi connectivity index (χ1v) is 18.7. The minimum absolute atomic E-state index is 0.617. The predicted octanol–water partition coefficient (Wildman–Crippen LogP) is 12.9. The zero-order valence-electron chi connectivity index (χ0n) is 29.9. The molecule has 0 unspecified atom stereocenters. The van der Waals surface area contributed by atoms with Crippen molar-refractivity contribution in [3.8, 4) is 51.0 Å². The van der Waals surface area contributed by atoms with Crippen LogP contribution < -0.4 is 0 Å². The van der Waals surface area contributed by atoms with Crippen LogP contribution in [0.5, 0.6) is 0 Å². The highest BCUT2D eigenvalue weighted by atomic mass is 16.3. The van der Waals surface area contributed by atoms with Gasteiger partial charge in [-0.15, -0.1) is 0 Å². The van der Waals surface area contributed by atoms with Gasteiger partial charge in [0.15, 0.2) is 17.5 Å². The third kappa shape index (κ3) is 5.53. The zero-order valence-corrected chi connectivity index (χ0v) is 29.9. The average molecular weight is 697 g/mol. The topological polar surface area (TPSA) is 56.7 Å². The summed E-state index contributed by atoms with van der Waals surface area (Å²) in [6, 6.07) is 57.3. The van der Waals surface area contributed by atoms with E-state index < -0.39 is 0 Å². The number of hydrogen-bond acceptors (Lipinski definition) is 4. The predicted molar refractivity (Wildman–Crippen MR) is 222 cm³/mol. The molecular formula is C49H36N4O. The molecule has 5 heteroatoms. The number of hydrogen-bond donors (Lipinski definition) is 0. The SMILES string of the molecule is CCCCc1ccc(-c2cccc(-c3nc(-c4ccccc4)nc(-c4cccc(-n5c6ccccc6c6ccc7oc8ccccc8c7c65)c4)n3)c2)cc1. The Morgan fingerprint density at radius 3 is 1.93 bits per heavy atom. The number of benzene rings is 7. The largest absolute Gasteiger partial charge is 0.456 e. The van der Waals surface area contributed by atoms with Crippen molar-refractivity contribution in [1.29, 1.82) is 0 Å². The molecule has 0 aliphatic carbocycles. The lowest BCUT2D eigenvalue weighted by Crippen LogP contribution is -2.01. The summed E-state index contributed by atoms with van der Waals surface area (Å²) in [4.78, 5) is 15.3. The molecule has 258 valence electrons. The average Bonchev–Trinajstić information content (AvgIpc) is 3.79. The summed E-state index contributed by atoms with van der Waals surface area (Å²) in [5.74, 6) is 1.88. The lowest BCUT2D eigenvalue weighted by atomic mass is 10.00. The molecule has 3 aromatic heterocycles. The Morgan fingerprint density at radius 1 is 0.481 bits per heavy atom. The van der Waals surface area contributed by atoms with Gasteiger partial charge in [-0.1, -0.05) is 135 Å².